The predicted octanol–water partition coefficient (Wildman–Crippen LogP) is 3.30. The lowest BCUT2D eigenvalue weighted by molar-refractivity contribution is 0.566. The Bertz CT molecular complexity index is 1110. The SMILES string of the molecule is N#Cc1cccc(CC(c2cccnc2)(c2cccnc2)c2nccc(N)n2)c1. The highest BCUT2D eigenvalue weighted by molar-refractivity contribution is 5.48. The molecule has 0 saturated carbocycles. The fourth-order valence-electron chi connectivity index (χ4n) is 3.57. The van der Waals surface area contributed by atoms with Crippen LogP contribution in [0.25, 0.3) is 0 Å². The molecule has 140 valence electrons. The van der Waals surface area contributed by atoms with Gasteiger partial charge in [-0.05, 0) is 53.4 Å². The van der Waals surface area contributed by atoms with E-state index in [1.165, 1.54) is 0 Å². The summed E-state index contributed by atoms with van der Waals surface area (Å²) in [6, 6.07) is 19.2. The number of benzene rings is 1. The average Bonchev–Trinajstić information content (AvgIpc) is 2.79. The van der Waals surface area contributed by atoms with E-state index in [-0.39, 0.29) is 0 Å². The fraction of sp³-hybridized carbons (Fsp3) is 0.0870. The van der Waals surface area contributed by atoms with Gasteiger partial charge in [0, 0.05) is 31.0 Å². The third-order valence-electron chi connectivity index (χ3n) is 4.89. The maximum Gasteiger partial charge on any atom is 0.146 e. The molecule has 0 amide bonds. The summed E-state index contributed by atoms with van der Waals surface area (Å²) in [5, 5.41) is 9.34. The zero-order chi connectivity index (χ0) is 20.1. The molecule has 4 aromatic rings. The molecule has 0 spiro atoms. The minimum Gasteiger partial charge on any atom is -0.384 e. The topological polar surface area (TPSA) is 101 Å². The van der Waals surface area contributed by atoms with Crippen LogP contribution in [0.1, 0.15) is 28.1 Å². The predicted molar refractivity (Wildman–Crippen MR) is 110 cm³/mol. The molecule has 0 bridgehead atoms. The highest BCUT2D eigenvalue weighted by Crippen LogP contribution is 2.40. The summed E-state index contributed by atoms with van der Waals surface area (Å²) in [5.74, 6) is 0.943. The minimum atomic E-state index is -0.772. The first kappa shape index (κ1) is 18.3. The number of pyridine rings is 2. The second-order valence-corrected chi connectivity index (χ2v) is 6.68. The number of hydrogen-bond acceptors (Lipinski definition) is 6. The Morgan fingerprint density at radius 1 is 0.897 bits per heavy atom. The zero-order valence-corrected chi connectivity index (χ0v) is 15.6. The molecule has 29 heavy (non-hydrogen) atoms. The largest absolute Gasteiger partial charge is 0.384 e. The van der Waals surface area contributed by atoms with Gasteiger partial charge in [-0.25, -0.2) is 9.97 Å². The normalized spacial score (nSPS) is 11.0. The first-order valence-electron chi connectivity index (χ1n) is 9.11. The smallest absolute Gasteiger partial charge is 0.146 e. The minimum absolute atomic E-state index is 0.387. The van der Waals surface area contributed by atoms with E-state index in [9.17, 15) is 5.26 Å². The first-order valence-corrected chi connectivity index (χ1v) is 9.11. The van der Waals surface area contributed by atoms with Crippen LogP contribution in [0.5, 0.6) is 0 Å². The first-order chi connectivity index (χ1) is 14.2. The summed E-state index contributed by atoms with van der Waals surface area (Å²) in [5.41, 5.74) is 8.66. The van der Waals surface area contributed by atoms with Gasteiger partial charge in [0.1, 0.15) is 11.6 Å². The number of nitrogens with two attached hydrogens (primary N) is 1. The van der Waals surface area contributed by atoms with E-state index >= 15 is 0 Å². The standard InChI is InChI=1S/C23H18N6/c24-14-18-5-1-4-17(12-18)13-23(19-6-2-9-26-15-19,20-7-3-10-27-16-20)22-28-11-8-21(25)29-22/h1-12,15-16H,13H2,(H2,25,28,29). The van der Waals surface area contributed by atoms with E-state index in [0.29, 0.717) is 23.6 Å². The molecule has 0 aliphatic heterocycles. The number of hydrogen-bond donors (Lipinski definition) is 1. The monoisotopic (exact) mass is 378 g/mol. The molecule has 0 atom stereocenters. The van der Waals surface area contributed by atoms with Crippen LogP contribution in [0.4, 0.5) is 5.82 Å². The Labute approximate surface area is 168 Å². The fourth-order valence-corrected chi connectivity index (χ4v) is 3.57. The second-order valence-electron chi connectivity index (χ2n) is 6.68. The number of rotatable bonds is 5. The van der Waals surface area contributed by atoms with Crippen molar-refractivity contribution in [1.82, 2.24) is 19.9 Å². The molecule has 6 heteroatoms. The summed E-state index contributed by atoms with van der Waals surface area (Å²) in [7, 11) is 0. The van der Waals surface area contributed by atoms with Gasteiger partial charge >= 0.3 is 0 Å². The van der Waals surface area contributed by atoms with E-state index in [1.54, 1.807) is 30.7 Å². The third kappa shape index (κ3) is 3.54. The van der Waals surface area contributed by atoms with E-state index in [1.807, 2.05) is 54.9 Å². The summed E-state index contributed by atoms with van der Waals surface area (Å²) in [4.78, 5) is 17.9. The highest BCUT2D eigenvalue weighted by Gasteiger charge is 2.40. The Morgan fingerprint density at radius 3 is 2.21 bits per heavy atom. The molecule has 6 nitrogen and oxygen atoms in total. The van der Waals surface area contributed by atoms with E-state index < -0.39 is 5.41 Å². The van der Waals surface area contributed by atoms with Crippen molar-refractivity contribution in [2.75, 3.05) is 5.73 Å². The van der Waals surface area contributed by atoms with Crippen LogP contribution in [-0.4, -0.2) is 19.9 Å². The maximum absolute atomic E-state index is 9.34. The number of anilines is 1. The molecular weight excluding hydrogens is 360 g/mol. The summed E-state index contributed by atoms with van der Waals surface area (Å²) in [6.45, 7) is 0. The Hall–Kier alpha value is -4.11. The number of nitrogens with zero attached hydrogens (tertiary/aromatic N) is 5. The van der Waals surface area contributed by atoms with E-state index in [2.05, 4.69) is 26.0 Å². The molecular formula is C23H18N6. The lowest BCUT2D eigenvalue weighted by Crippen LogP contribution is -2.35. The quantitative estimate of drug-likeness (QED) is 0.572. The third-order valence-corrected chi connectivity index (χ3v) is 4.89. The van der Waals surface area contributed by atoms with Crippen LogP contribution in [0.2, 0.25) is 0 Å². The lowest BCUT2D eigenvalue weighted by Gasteiger charge is -2.33. The van der Waals surface area contributed by atoms with Crippen molar-refractivity contribution in [2.45, 2.75) is 11.8 Å². The molecule has 0 radical (unpaired) electrons. The van der Waals surface area contributed by atoms with Gasteiger partial charge in [-0.15, -0.1) is 0 Å². The van der Waals surface area contributed by atoms with Gasteiger partial charge in [-0.2, -0.15) is 5.26 Å². The van der Waals surface area contributed by atoms with Crippen LogP contribution in [0, 0.1) is 11.3 Å². The van der Waals surface area contributed by atoms with Crippen LogP contribution in [0.3, 0.4) is 0 Å². The summed E-state index contributed by atoms with van der Waals surface area (Å²) in [6.07, 6.45) is 9.26. The van der Waals surface area contributed by atoms with Crippen molar-refractivity contribution >= 4 is 5.82 Å². The van der Waals surface area contributed by atoms with Crippen LogP contribution >= 0.6 is 0 Å². The van der Waals surface area contributed by atoms with Crippen molar-refractivity contribution in [3.8, 4) is 6.07 Å². The van der Waals surface area contributed by atoms with Crippen molar-refractivity contribution in [2.24, 2.45) is 0 Å². The molecule has 3 heterocycles. The Morgan fingerprint density at radius 2 is 1.62 bits per heavy atom. The van der Waals surface area contributed by atoms with Crippen LogP contribution < -0.4 is 5.73 Å². The zero-order valence-electron chi connectivity index (χ0n) is 15.6. The molecule has 0 unspecified atom stereocenters. The highest BCUT2D eigenvalue weighted by atomic mass is 15.0. The van der Waals surface area contributed by atoms with Crippen molar-refractivity contribution in [3.63, 3.8) is 0 Å². The van der Waals surface area contributed by atoms with Gasteiger partial charge in [-0.1, -0.05) is 24.3 Å². The van der Waals surface area contributed by atoms with Crippen LogP contribution in [-0.2, 0) is 11.8 Å². The van der Waals surface area contributed by atoms with Gasteiger partial charge in [0.25, 0.3) is 0 Å². The van der Waals surface area contributed by atoms with Gasteiger partial charge < -0.3 is 5.73 Å². The summed E-state index contributed by atoms with van der Waals surface area (Å²) >= 11 is 0. The molecule has 0 fully saturated rings. The average molecular weight is 378 g/mol. The Balaban J connectivity index is 2.02. The molecule has 0 aliphatic carbocycles. The lowest BCUT2D eigenvalue weighted by atomic mass is 9.70. The molecule has 0 saturated heterocycles. The molecule has 4 rings (SSSR count). The van der Waals surface area contributed by atoms with Gasteiger partial charge in [0.2, 0.25) is 0 Å². The number of nitriles is 1. The molecule has 3 aromatic heterocycles. The van der Waals surface area contributed by atoms with Crippen molar-refractivity contribution < 1.29 is 0 Å². The van der Waals surface area contributed by atoms with Crippen molar-refractivity contribution in [3.05, 3.63) is 114 Å². The number of aromatic nitrogens is 4. The van der Waals surface area contributed by atoms with E-state index in [4.69, 9.17) is 5.73 Å². The van der Waals surface area contributed by atoms with Crippen molar-refractivity contribution in [1.29, 1.82) is 5.26 Å². The molecule has 2 N–H and O–H groups in total. The second kappa shape index (κ2) is 7.87. The van der Waals surface area contributed by atoms with Crippen LogP contribution in [0.15, 0.2) is 85.6 Å². The van der Waals surface area contributed by atoms with E-state index in [0.717, 1.165) is 16.7 Å². The maximum atomic E-state index is 9.34. The molecule has 1 aromatic carbocycles. The molecule has 0 aliphatic rings. The van der Waals surface area contributed by atoms with Gasteiger partial charge in [0.05, 0.1) is 17.0 Å². The Kier molecular flexibility index (Phi) is 4.95. The van der Waals surface area contributed by atoms with Gasteiger partial charge in [-0.3, -0.25) is 9.97 Å². The summed E-state index contributed by atoms with van der Waals surface area (Å²) < 4.78 is 0. The van der Waals surface area contributed by atoms with Gasteiger partial charge in [0.15, 0.2) is 0 Å². The number of nitrogen functional groups attached to an aromatic ring is 1.